The first-order valence-corrected chi connectivity index (χ1v) is 34.6. The summed E-state index contributed by atoms with van der Waals surface area (Å²) in [5.41, 5.74) is 0. The largest absolute Gasteiger partial charge is 0.466 e. The van der Waals surface area contributed by atoms with Crippen LogP contribution in [0.3, 0.4) is 0 Å². The quantitative estimate of drug-likeness (QED) is 0.0320. The van der Waals surface area contributed by atoms with Gasteiger partial charge in [-0.05, 0) is 57.8 Å². The van der Waals surface area contributed by atoms with Gasteiger partial charge in [0, 0.05) is 12.8 Å². The molecule has 450 valence electrons. The second kappa shape index (κ2) is 65.9. The molecule has 0 heterocycles. The van der Waals surface area contributed by atoms with Gasteiger partial charge in [0.15, 0.2) is 0 Å². The van der Waals surface area contributed by atoms with Crippen molar-refractivity contribution < 1.29 is 24.5 Å². The maximum atomic E-state index is 12.5. The zero-order chi connectivity index (χ0) is 55.0. The summed E-state index contributed by atoms with van der Waals surface area (Å²) in [5.74, 6) is -0.0561. The van der Waals surface area contributed by atoms with Crippen molar-refractivity contribution in [3.05, 3.63) is 24.3 Å². The molecule has 0 rings (SSSR count). The Morgan fingerprint density at radius 3 is 0.934 bits per heavy atom. The molecular weight excluding hydrogens is 935 g/mol. The van der Waals surface area contributed by atoms with Crippen molar-refractivity contribution in [1.29, 1.82) is 0 Å². The number of aliphatic hydroxyl groups excluding tert-OH is 2. The molecule has 2 atom stereocenters. The van der Waals surface area contributed by atoms with Crippen LogP contribution in [0.25, 0.3) is 0 Å². The molecule has 0 fully saturated rings. The summed E-state index contributed by atoms with van der Waals surface area (Å²) >= 11 is 0. The van der Waals surface area contributed by atoms with E-state index in [4.69, 9.17) is 4.74 Å². The Kier molecular flexibility index (Phi) is 64.4. The standard InChI is InChI=1S/C70H135NO5/c1-3-5-7-9-11-13-15-17-19-21-22-24-27-31-34-38-42-46-50-54-58-62-68(73)67(66-72)71-69(74)63-59-55-51-47-43-39-35-32-28-25-23-26-29-33-37-41-45-49-53-57-61-65-76-70(75)64-60-56-52-48-44-40-36-30-20-18-16-14-12-10-8-6-4-2/h18,20,58,62,67-68,72-73H,3-17,19,21-57,59-61,63-66H2,1-2H3,(H,71,74)/b20-18-,62-58+. The lowest BCUT2D eigenvalue weighted by Gasteiger charge is -2.20. The number of carbonyl (C=O) groups is 2. The molecule has 1 amide bonds. The number of ether oxygens (including phenoxy) is 1. The summed E-state index contributed by atoms with van der Waals surface area (Å²) in [6, 6.07) is -0.630. The third-order valence-corrected chi connectivity index (χ3v) is 16.2. The molecule has 0 bridgehead atoms. The van der Waals surface area contributed by atoms with Gasteiger partial charge in [-0.1, -0.05) is 340 Å². The number of carbonyl (C=O) groups excluding carboxylic acids is 2. The highest BCUT2D eigenvalue weighted by molar-refractivity contribution is 5.76. The van der Waals surface area contributed by atoms with Crippen LogP contribution in [-0.4, -0.2) is 47.4 Å². The van der Waals surface area contributed by atoms with Gasteiger partial charge in [-0.25, -0.2) is 0 Å². The second-order valence-electron chi connectivity index (χ2n) is 23.9. The molecule has 0 radical (unpaired) electrons. The molecule has 2 unspecified atom stereocenters. The molecule has 76 heavy (non-hydrogen) atoms. The van der Waals surface area contributed by atoms with Crippen LogP contribution in [-0.2, 0) is 14.3 Å². The van der Waals surface area contributed by atoms with Crippen LogP contribution in [0.5, 0.6) is 0 Å². The lowest BCUT2D eigenvalue weighted by atomic mass is 10.0. The Bertz CT molecular complexity index is 1190. The van der Waals surface area contributed by atoms with Crippen LogP contribution in [0.2, 0.25) is 0 Å². The average molecular weight is 1070 g/mol. The Morgan fingerprint density at radius 1 is 0.355 bits per heavy atom. The number of amides is 1. The first kappa shape index (κ1) is 74.3. The van der Waals surface area contributed by atoms with E-state index in [1.54, 1.807) is 6.08 Å². The van der Waals surface area contributed by atoms with E-state index >= 15 is 0 Å². The third-order valence-electron chi connectivity index (χ3n) is 16.2. The van der Waals surface area contributed by atoms with Crippen molar-refractivity contribution in [2.75, 3.05) is 13.2 Å². The fourth-order valence-corrected chi connectivity index (χ4v) is 10.9. The molecular formula is C70H135NO5. The van der Waals surface area contributed by atoms with Crippen LogP contribution < -0.4 is 5.32 Å². The molecule has 0 saturated heterocycles. The Morgan fingerprint density at radius 2 is 0.618 bits per heavy atom. The van der Waals surface area contributed by atoms with Gasteiger partial charge in [-0.3, -0.25) is 9.59 Å². The maximum absolute atomic E-state index is 12.5. The van der Waals surface area contributed by atoms with Gasteiger partial charge in [-0.2, -0.15) is 0 Å². The summed E-state index contributed by atoms with van der Waals surface area (Å²) < 4.78 is 5.50. The van der Waals surface area contributed by atoms with Crippen molar-refractivity contribution in [3.63, 3.8) is 0 Å². The van der Waals surface area contributed by atoms with Gasteiger partial charge in [0.1, 0.15) is 0 Å². The first-order chi connectivity index (χ1) is 37.5. The number of nitrogens with one attached hydrogen (secondary N) is 1. The van der Waals surface area contributed by atoms with E-state index in [0.29, 0.717) is 19.4 Å². The van der Waals surface area contributed by atoms with E-state index in [9.17, 15) is 19.8 Å². The Balaban J connectivity index is 3.40. The normalized spacial score (nSPS) is 12.6. The van der Waals surface area contributed by atoms with E-state index in [-0.39, 0.29) is 18.5 Å². The molecule has 0 aliphatic heterocycles. The number of rotatable bonds is 65. The zero-order valence-electron chi connectivity index (χ0n) is 51.5. The van der Waals surface area contributed by atoms with Crippen molar-refractivity contribution in [1.82, 2.24) is 5.32 Å². The fourth-order valence-electron chi connectivity index (χ4n) is 10.9. The molecule has 0 aliphatic rings. The third kappa shape index (κ3) is 61.6. The van der Waals surface area contributed by atoms with E-state index in [1.807, 2.05) is 6.08 Å². The predicted octanol–water partition coefficient (Wildman–Crippen LogP) is 22.1. The van der Waals surface area contributed by atoms with Crippen molar-refractivity contribution in [2.45, 2.75) is 398 Å². The van der Waals surface area contributed by atoms with Gasteiger partial charge in [0.05, 0.1) is 25.4 Å². The van der Waals surface area contributed by atoms with Gasteiger partial charge >= 0.3 is 5.97 Å². The number of hydrogen-bond donors (Lipinski definition) is 3. The number of hydrogen-bond acceptors (Lipinski definition) is 5. The highest BCUT2D eigenvalue weighted by atomic mass is 16.5. The van der Waals surface area contributed by atoms with Gasteiger partial charge < -0.3 is 20.3 Å². The molecule has 0 spiro atoms. The average Bonchev–Trinajstić information content (AvgIpc) is 3.42. The van der Waals surface area contributed by atoms with E-state index in [0.717, 1.165) is 44.9 Å². The summed E-state index contributed by atoms with van der Waals surface area (Å²) in [4.78, 5) is 24.6. The van der Waals surface area contributed by atoms with Gasteiger partial charge in [-0.15, -0.1) is 0 Å². The van der Waals surface area contributed by atoms with Crippen LogP contribution in [0.4, 0.5) is 0 Å². The monoisotopic (exact) mass is 1070 g/mol. The minimum absolute atomic E-state index is 0.00894. The minimum Gasteiger partial charge on any atom is -0.466 e. The predicted molar refractivity (Wildman–Crippen MR) is 333 cm³/mol. The highest BCUT2D eigenvalue weighted by Crippen LogP contribution is 2.19. The van der Waals surface area contributed by atoms with Crippen molar-refractivity contribution in [3.8, 4) is 0 Å². The lowest BCUT2D eigenvalue weighted by Crippen LogP contribution is -2.45. The van der Waals surface area contributed by atoms with Crippen LogP contribution in [0.15, 0.2) is 24.3 Å². The smallest absolute Gasteiger partial charge is 0.305 e. The maximum Gasteiger partial charge on any atom is 0.305 e. The van der Waals surface area contributed by atoms with E-state index in [2.05, 4.69) is 31.3 Å². The molecule has 0 aliphatic carbocycles. The Labute approximate surface area is 475 Å². The van der Waals surface area contributed by atoms with E-state index < -0.39 is 12.1 Å². The molecule has 0 aromatic carbocycles. The number of allylic oxidation sites excluding steroid dienone is 3. The second-order valence-corrected chi connectivity index (χ2v) is 23.9. The van der Waals surface area contributed by atoms with E-state index in [1.165, 1.54) is 315 Å². The molecule has 0 aromatic heterocycles. The summed E-state index contributed by atoms with van der Waals surface area (Å²) in [6.07, 6.45) is 82.4. The zero-order valence-corrected chi connectivity index (χ0v) is 51.5. The summed E-state index contributed by atoms with van der Waals surface area (Å²) in [5, 5.41) is 23.2. The Hall–Kier alpha value is -1.66. The summed E-state index contributed by atoms with van der Waals surface area (Å²) in [7, 11) is 0. The summed E-state index contributed by atoms with van der Waals surface area (Å²) in [6.45, 7) is 4.93. The fraction of sp³-hybridized carbons (Fsp3) is 0.914. The van der Waals surface area contributed by atoms with Crippen LogP contribution >= 0.6 is 0 Å². The van der Waals surface area contributed by atoms with Crippen LogP contribution in [0, 0.1) is 0 Å². The van der Waals surface area contributed by atoms with Crippen LogP contribution in [0.1, 0.15) is 386 Å². The SMILES string of the molecule is CCCCCCCC/C=C\CCCCCCCCCC(=O)OCCCCCCCCCCCCCCCCCCCCCCCC(=O)NC(CO)C(O)/C=C/CCCCCCCCCCCCCCCCCCCCC. The highest BCUT2D eigenvalue weighted by Gasteiger charge is 2.18. The molecule has 0 saturated carbocycles. The minimum atomic E-state index is -0.846. The van der Waals surface area contributed by atoms with Crippen molar-refractivity contribution >= 4 is 11.9 Å². The number of esters is 1. The molecule has 6 heteroatoms. The van der Waals surface area contributed by atoms with Gasteiger partial charge in [0.25, 0.3) is 0 Å². The molecule has 3 N–H and O–H groups in total. The topological polar surface area (TPSA) is 95.9 Å². The van der Waals surface area contributed by atoms with Crippen molar-refractivity contribution in [2.24, 2.45) is 0 Å². The first-order valence-electron chi connectivity index (χ1n) is 34.6. The van der Waals surface area contributed by atoms with Gasteiger partial charge in [0.2, 0.25) is 5.91 Å². The molecule has 6 nitrogen and oxygen atoms in total. The lowest BCUT2D eigenvalue weighted by molar-refractivity contribution is -0.143. The number of unbranched alkanes of at least 4 members (excludes halogenated alkanes) is 52. The number of aliphatic hydroxyl groups is 2. The molecule has 0 aromatic rings.